The highest BCUT2D eigenvalue weighted by atomic mass is 16.5. The zero-order valence-corrected chi connectivity index (χ0v) is 9.32. The highest BCUT2D eigenvalue weighted by molar-refractivity contribution is 5.81. The van der Waals surface area contributed by atoms with Crippen molar-refractivity contribution in [3.05, 3.63) is 12.3 Å². The van der Waals surface area contributed by atoms with E-state index in [1.54, 1.807) is 13.3 Å². The number of methoxy groups -OCH3 is 2. The number of rotatable bonds is 6. The Morgan fingerprint density at radius 1 is 1.43 bits per heavy atom. The van der Waals surface area contributed by atoms with Gasteiger partial charge in [0.05, 0.1) is 13.7 Å². The molecule has 0 aliphatic carbocycles. The van der Waals surface area contributed by atoms with E-state index in [1.807, 2.05) is 4.90 Å². The number of hydrogen-bond donors (Lipinski definition) is 0. The Morgan fingerprint density at radius 3 is 2.50 bits per heavy atom. The van der Waals surface area contributed by atoms with Crippen molar-refractivity contribution in [2.45, 2.75) is 19.9 Å². The van der Waals surface area contributed by atoms with E-state index in [0.29, 0.717) is 12.6 Å². The van der Waals surface area contributed by atoms with Crippen LogP contribution in [-0.4, -0.2) is 44.3 Å². The maximum Gasteiger partial charge on any atom is 0.331 e. The largest absolute Gasteiger partial charge is 0.466 e. The monoisotopic (exact) mass is 201 g/mol. The first-order valence-corrected chi connectivity index (χ1v) is 4.62. The number of ether oxygens (including phenoxy) is 2. The van der Waals surface area contributed by atoms with Crippen LogP contribution in [0.15, 0.2) is 12.3 Å². The molecule has 82 valence electrons. The third kappa shape index (κ3) is 5.59. The van der Waals surface area contributed by atoms with Crippen molar-refractivity contribution in [2.24, 2.45) is 0 Å². The third-order valence-electron chi connectivity index (χ3n) is 1.82. The van der Waals surface area contributed by atoms with Gasteiger partial charge in [-0.3, -0.25) is 0 Å². The van der Waals surface area contributed by atoms with Gasteiger partial charge in [0, 0.05) is 32.0 Å². The van der Waals surface area contributed by atoms with Gasteiger partial charge in [-0.05, 0) is 13.8 Å². The fraction of sp³-hybridized carbons (Fsp3) is 0.700. The fourth-order valence-corrected chi connectivity index (χ4v) is 0.926. The minimum Gasteiger partial charge on any atom is -0.466 e. The Bertz CT molecular complexity index is 190. The number of hydrogen-bond acceptors (Lipinski definition) is 4. The summed E-state index contributed by atoms with van der Waals surface area (Å²) in [5.74, 6) is -0.340. The predicted octanol–water partition coefficient (Wildman–Crippen LogP) is 1.03. The van der Waals surface area contributed by atoms with E-state index in [9.17, 15) is 4.79 Å². The van der Waals surface area contributed by atoms with Gasteiger partial charge in [-0.2, -0.15) is 0 Å². The van der Waals surface area contributed by atoms with Gasteiger partial charge in [0.15, 0.2) is 0 Å². The molecule has 0 atom stereocenters. The van der Waals surface area contributed by atoms with Crippen LogP contribution in [-0.2, 0) is 14.3 Å². The maximum atomic E-state index is 10.8. The van der Waals surface area contributed by atoms with Crippen LogP contribution < -0.4 is 0 Å². The molecule has 0 saturated heterocycles. The van der Waals surface area contributed by atoms with E-state index in [-0.39, 0.29) is 5.97 Å². The van der Waals surface area contributed by atoms with E-state index < -0.39 is 0 Å². The van der Waals surface area contributed by atoms with Crippen molar-refractivity contribution in [3.63, 3.8) is 0 Å². The third-order valence-corrected chi connectivity index (χ3v) is 1.82. The average Bonchev–Trinajstić information content (AvgIpc) is 2.16. The van der Waals surface area contributed by atoms with Gasteiger partial charge in [-0.1, -0.05) is 0 Å². The van der Waals surface area contributed by atoms with Crippen LogP contribution in [0.2, 0.25) is 0 Å². The van der Waals surface area contributed by atoms with Crippen molar-refractivity contribution < 1.29 is 14.3 Å². The summed E-state index contributed by atoms with van der Waals surface area (Å²) in [5.41, 5.74) is 0. The zero-order valence-electron chi connectivity index (χ0n) is 9.32. The summed E-state index contributed by atoms with van der Waals surface area (Å²) in [6, 6.07) is 0.339. The van der Waals surface area contributed by atoms with Gasteiger partial charge >= 0.3 is 5.97 Å². The zero-order chi connectivity index (χ0) is 11.0. The van der Waals surface area contributed by atoms with Crippen molar-refractivity contribution in [1.29, 1.82) is 0 Å². The van der Waals surface area contributed by atoms with Crippen LogP contribution in [0.5, 0.6) is 0 Å². The molecule has 0 aliphatic heterocycles. The van der Waals surface area contributed by atoms with Crippen molar-refractivity contribution in [3.8, 4) is 0 Å². The molecule has 0 fully saturated rings. The molecule has 0 amide bonds. The molecule has 0 aromatic rings. The van der Waals surface area contributed by atoms with Crippen LogP contribution in [0.25, 0.3) is 0 Å². The van der Waals surface area contributed by atoms with Crippen LogP contribution in [0.4, 0.5) is 0 Å². The molecule has 0 rings (SSSR count). The van der Waals surface area contributed by atoms with E-state index in [2.05, 4.69) is 18.6 Å². The Hall–Kier alpha value is -1.03. The number of esters is 1. The fourth-order valence-electron chi connectivity index (χ4n) is 0.926. The lowest BCUT2D eigenvalue weighted by molar-refractivity contribution is -0.134. The highest BCUT2D eigenvalue weighted by Crippen LogP contribution is 1.98. The molecule has 0 aliphatic rings. The van der Waals surface area contributed by atoms with E-state index in [0.717, 1.165) is 6.54 Å². The van der Waals surface area contributed by atoms with E-state index in [1.165, 1.54) is 13.2 Å². The lowest BCUT2D eigenvalue weighted by Crippen LogP contribution is -2.29. The van der Waals surface area contributed by atoms with Gasteiger partial charge in [-0.15, -0.1) is 0 Å². The summed E-state index contributed by atoms with van der Waals surface area (Å²) in [6.07, 6.45) is 3.14. The van der Waals surface area contributed by atoms with Crippen LogP contribution in [0.1, 0.15) is 13.8 Å². The van der Waals surface area contributed by atoms with E-state index >= 15 is 0 Å². The molecule has 0 aromatic carbocycles. The molecular weight excluding hydrogens is 182 g/mol. The minimum absolute atomic E-state index is 0.339. The second kappa shape index (κ2) is 7.38. The standard InChI is InChI=1S/C10H19NO3/c1-9(2)11(7-8-13-3)6-5-10(12)14-4/h5-6,9H,7-8H2,1-4H3/b6-5+. The van der Waals surface area contributed by atoms with Gasteiger partial charge < -0.3 is 14.4 Å². The summed E-state index contributed by atoms with van der Waals surface area (Å²) in [4.78, 5) is 12.9. The summed E-state index contributed by atoms with van der Waals surface area (Å²) in [5, 5.41) is 0. The Balaban J connectivity index is 4.08. The first-order valence-electron chi connectivity index (χ1n) is 4.62. The first-order chi connectivity index (χ1) is 6.61. The molecule has 0 heterocycles. The van der Waals surface area contributed by atoms with Crippen LogP contribution in [0.3, 0.4) is 0 Å². The summed E-state index contributed by atoms with van der Waals surface area (Å²) >= 11 is 0. The van der Waals surface area contributed by atoms with Gasteiger partial charge in [-0.25, -0.2) is 4.79 Å². The number of nitrogens with zero attached hydrogens (tertiary/aromatic N) is 1. The Morgan fingerprint density at radius 2 is 2.07 bits per heavy atom. The maximum absolute atomic E-state index is 10.8. The SMILES string of the molecule is COCCN(/C=C/C(=O)OC)C(C)C. The predicted molar refractivity (Wildman–Crippen MR) is 54.9 cm³/mol. The second-order valence-electron chi connectivity index (χ2n) is 3.16. The molecule has 0 N–H and O–H groups in total. The van der Waals surface area contributed by atoms with Gasteiger partial charge in [0.2, 0.25) is 0 Å². The molecule has 0 aromatic heterocycles. The molecule has 0 radical (unpaired) electrons. The highest BCUT2D eigenvalue weighted by Gasteiger charge is 2.04. The molecule has 0 saturated carbocycles. The number of carbonyl (C=O) groups is 1. The smallest absolute Gasteiger partial charge is 0.331 e. The first kappa shape index (κ1) is 13.0. The number of carbonyl (C=O) groups excluding carboxylic acids is 1. The molecule has 4 nitrogen and oxygen atoms in total. The van der Waals surface area contributed by atoms with Gasteiger partial charge in [0.25, 0.3) is 0 Å². The topological polar surface area (TPSA) is 38.8 Å². The molecule has 0 bridgehead atoms. The quantitative estimate of drug-likeness (QED) is 0.475. The average molecular weight is 201 g/mol. The molecule has 0 unspecified atom stereocenters. The van der Waals surface area contributed by atoms with E-state index in [4.69, 9.17) is 4.74 Å². The molecule has 14 heavy (non-hydrogen) atoms. The van der Waals surface area contributed by atoms with Crippen LogP contribution in [0, 0.1) is 0 Å². The molecule has 0 spiro atoms. The molecule has 4 heteroatoms. The minimum atomic E-state index is -0.340. The summed E-state index contributed by atoms with van der Waals surface area (Å²) in [6.45, 7) is 5.51. The summed E-state index contributed by atoms with van der Waals surface area (Å²) in [7, 11) is 3.02. The molecular formula is C10H19NO3. The normalized spacial score (nSPS) is 10.9. The Kier molecular flexibility index (Phi) is 6.84. The lowest BCUT2D eigenvalue weighted by atomic mass is 10.3. The van der Waals surface area contributed by atoms with Gasteiger partial charge in [0.1, 0.15) is 0 Å². The summed E-state index contributed by atoms with van der Waals surface area (Å²) < 4.78 is 9.47. The second-order valence-corrected chi connectivity index (χ2v) is 3.16. The van der Waals surface area contributed by atoms with Crippen molar-refractivity contribution in [2.75, 3.05) is 27.4 Å². The van der Waals surface area contributed by atoms with Crippen molar-refractivity contribution in [1.82, 2.24) is 4.90 Å². The van der Waals surface area contributed by atoms with Crippen molar-refractivity contribution >= 4 is 5.97 Å². The van der Waals surface area contributed by atoms with Crippen LogP contribution >= 0.6 is 0 Å². The lowest BCUT2D eigenvalue weighted by Gasteiger charge is -2.24. The Labute approximate surface area is 85.5 Å².